The smallest absolute Gasteiger partial charge is 0.239 e. The summed E-state index contributed by atoms with van der Waals surface area (Å²) < 4.78 is 22.2. The van der Waals surface area contributed by atoms with E-state index in [1.165, 1.54) is 12.3 Å². The first-order valence-corrected chi connectivity index (χ1v) is 7.72. The molecule has 1 atom stereocenters. The number of nitrogens with two attached hydrogens (primary N) is 2. The van der Waals surface area contributed by atoms with E-state index < -0.39 is 10.0 Å². The summed E-state index contributed by atoms with van der Waals surface area (Å²) in [5.74, 6) is 1.13. The molecule has 0 aromatic carbocycles. The van der Waals surface area contributed by atoms with Crippen LogP contribution in [0.1, 0.15) is 20.3 Å². The van der Waals surface area contributed by atoms with E-state index in [0.717, 1.165) is 13.0 Å². The molecule has 1 rings (SSSR count). The van der Waals surface area contributed by atoms with Gasteiger partial charge >= 0.3 is 0 Å². The topological polar surface area (TPSA) is 102 Å². The molecule has 108 valence electrons. The van der Waals surface area contributed by atoms with Gasteiger partial charge in [0.25, 0.3) is 0 Å². The molecule has 0 aliphatic carbocycles. The van der Waals surface area contributed by atoms with Gasteiger partial charge in [-0.15, -0.1) is 0 Å². The molecule has 1 aromatic rings. The maximum Gasteiger partial charge on any atom is 0.239 e. The lowest BCUT2D eigenvalue weighted by molar-refractivity contribution is 0.465. The van der Waals surface area contributed by atoms with Crippen molar-refractivity contribution < 1.29 is 8.42 Å². The minimum atomic E-state index is -3.68. The summed E-state index contributed by atoms with van der Waals surface area (Å²) in [5.41, 5.74) is 5.98. The van der Waals surface area contributed by atoms with Gasteiger partial charge in [-0.2, -0.15) is 0 Å². The summed E-state index contributed by atoms with van der Waals surface area (Å²) in [4.78, 5) is 6.05. The van der Waals surface area contributed by atoms with Crippen LogP contribution in [-0.4, -0.2) is 33.0 Å². The highest BCUT2D eigenvalue weighted by Crippen LogP contribution is 2.13. The lowest BCUT2D eigenvalue weighted by Gasteiger charge is -2.22. The summed E-state index contributed by atoms with van der Waals surface area (Å²) in [6, 6.07) is 3.24. The van der Waals surface area contributed by atoms with Gasteiger partial charge in [0.15, 0.2) is 0 Å². The summed E-state index contributed by atoms with van der Waals surface area (Å²) in [7, 11) is -1.79. The van der Waals surface area contributed by atoms with E-state index in [-0.39, 0.29) is 10.9 Å². The minimum Gasteiger partial charge on any atom is -0.360 e. The third-order valence-corrected chi connectivity index (χ3v) is 3.99. The number of pyridine rings is 1. The molecule has 0 spiro atoms. The Morgan fingerprint density at radius 1 is 1.37 bits per heavy atom. The maximum absolute atomic E-state index is 11.1. The van der Waals surface area contributed by atoms with Gasteiger partial charge in [0, 0.05) is 25.8 Å². The van der Waals surface area contributed by atoms with Gasteiger partial charge in [0.05, 0.1) is 0 Å². The average molecular weight is 286 g/mol. The van der Waals surface area contributed by atoms with Crippen LogP contribution in [0.2, 0.25) is 0 Å². The number of anilines is 1. The third-order valence-electron chi connectivity index (χ3n) is 3.09. The van der Waals surface area contributed by atoms with Crippen LogP contribution < -0.4 is 15.8 Å². The quantitative estimate of drug-likeness (QED) is 0.794. The number of hydrogen-bond donors (Lipinski definition) is 2. The Bertz CT molecular complexity index is 499. The molecule has 0 saturated heterocycles. The normalized spacial score (nSPS) is 13.6. The van der Waals surface area contributed by atoms with Gasteiger partial charge in [0.2, 0.25) is 10.0 Å². The van der Waals surface area contributed by atoms with E-state index in [2.05, 4.69) is 18.8 Å². The van der Waals surface area contributed by atoms with E-state index in [0.29, 0.717) is 11.7 Å². The second-order valence-electron chi connectivity index (χ2n) is 5.02. The monoisotopic (exact) mass is 286 g/mol. The Morgan fingerprint density at radius 3 is 2.42 bits per heavy atom. The summed E-state index contributed by atoms with van der Waals surface area (Å²) >= 11 is 0. The van der Waals surface area contributed by atoms with E-state index in [9.17, 15) is 8.42 Å². The molecule has 0 radical (unpaired) electrons. The number of primary sulfonamides is 1. The fourth-order valence-corrected chi connectivity index (χ4v) is 2.01. The van der Waals surface area contributed by atoms with Crippen molar-refractivity contribution in [2.45, 2.75) is 31.2 Å². The van der Waals surface area contributed by atoms with Crippen molar-refractivity contribution in [1.82, 2.24) is 4.98 Å². The van der Waals surface area contributed by atoms with Crippen LogP contribution in [0.15, 0.2) is 23.2 Å². The standard InChI is InChI=1S/C12H22N4O2S/c1-9(2)11(13)6-7-16(3)12-5-4-10(8-15-12)19(14,17)18/h4-5,8-9,11H,6-7,13H2,1-3H3,(H2,14,17,18). The van der Waals surface area contributed by atoms with Crippen molar-refractivity contribution in [3.8, 4) is 0 Å². The zero-order chi connectivity index (χ0) is 14.6. The molecule has 19 heavy (non-hydrogen) atoms. The molecule has 1 aromatic heterocycles. The fourth-order valence-electron chi connectivity index (χ4n) is 1.56. The molecule has 0 fully saturated rings. The predicted octanol–water partition coefficient (Wildman–Crippen LogP) is 0.539. The Morgan fingerprint density at radius 2 is 2.00 bits per heavy atom. The zero-order valence-electron chi connectivity index (χ0n) is 11.6. The molecular formula is C12H22N4O2S. The van der Waals surface area contributed by atoms with Gasteiger partial charge in [0.1, 0.15) is 10.7 Å². The zero-order valence-corrected chi connectivity index (χ0v) is 12.4. The van der Waals surface area contributed by atoms with Crippen LogP contribution in [0, 0.1) is 5.92 Å². The second kappa shape index (κ2) is 6.31. The fraction of sp³-hybridized carbons (Fsp3) is 0.583. The molecular weight excluding hydrogens is 264 g/mol. The highest BCUT2D eigenvalue weighted by molar-refractivity contribution is 7.89. The van der Waals surface area contributed by atoms with Gasteiger partial charge < -0.3 is 10.6 Å². The number of hydrogen-bond acceptors (Lipinski definition) is 5. The van der Waals surface area contributed by atoms with Crippen LogP contribution >= 0.6 is 0 Å². The first-order chi connectivity index (χ1) is 8.71. The molecule has 0 saturated carbocycles. The number of rotatable bonds is 6. The molecule has 4 N–H and O–H groups in total. The SMILES string of the molecule is CC(C)C(N)CCN(C)c1ccc(S(N)(=O)=O)cn1. The molecule has 6 nitrogen and oxygen atoms in total. The number of aromatic nitrogens is 1. The van der Waals surface area contributed by atoms with Crippen LogP contribution in [0.5, 0.6) is 0 Å². The second-order valence-corrected chi connectivity index (χ2v) is 6.58. The van der Waals surface area contributed by atoms with Crippen LogP contribution in [0.3, 0.4) is 0 Å². The third kappa shape index (κ3) is 4.77. The van der Waals surface area contributed by atoms with Crippen LogP contribution in [-0.2, 0) is 10.0 Å². The molecule has 1 heterocycles. The maximum atomic E-state index is 11.1. The van der Waals surface area contributed by atoms with Crippen LogP contribution in [0.4, 0.5) is 5.82 Å². The van der Waals surface area contributed by atoms with E-state index in [4.69, 9.17) is 10.9 Å². The van der Waals surface area contributed by atoms with E-state index in [1.807, 2.05) is 11.9 Å². The van der Waals surface area contributed by atoms with Gasteiger partial charge in [-0.25, -0.2) is 18.5 Å². The summed E-state index contributed by atoms with van der Waals surface area (Å²) in [6.07, 6.45) is 2.12. The Labute approximate surface area is 114 Å². The van der Waals surface area contributed by atoms with Gasteiger partial charge in [-0.1, -0.05) is 13.8 Å². The molecule has 7 heteroatoms. The molecule has 0 aliphatic rings. The van der Waals surface area contributed by atoms with E-state index in [1.54, 1.807) is 6.07 Å². The van der Waals surface area contributed by atoms with Crippen molar-refractivity contribution in [1.29, 1.82) is 0 Å². The van der Waals surface area contributed by atoms with Crippen molar-refractivity contribution >= 4 is 15.8 Å². The van der Waals surface area contributed by atoms with Crippen molar-refractivity contribution in [2.24, 2.45) is 16.8 Å². The van der Waals surface area contributed by atoms with E-state index >= 15 is 0 Å². The molecule has 0 aliphatic heterocycles. The Balaban J connectivity index is 2.66. The van der Waals surface area contributed by atoms with Crippen molar-refractivity contribution in [3.05, 3.63) is 18.3 Å². The molecule has 1 unspecified atom stereocenters. The average Bonchev–Trinajstić information content (AvgIpc) is 2.34. The van der Waals surface area contributed by atoms with Gasteiger partial charge in [-0.3, -0.25) is 0 Å². The number of nitrogens with zero attached hydrogens (tertiary/aromatic N) is 2. The molecule has 0 amide bonds. The Hall–Kier alpha value is -1.18. The molecule has 0 bridgehead atoms. The lowest BCUT2D eigenvalue weighted by atomic mass is 10.0. The highest BCUT2D eigenvalue weighted by Gasteiger charge is 2.11. The van der Waals surface area contributed by atoms with Gasteiger partial charge in [-0.05, 0) is 24.5 Å². The van der Waals surface area contributed by atoms with Crippen molar-refractivity contribution in [3.63, 3.8) is 0 Å². The predicted molar refractivity (Wildman–Crippen MR) is 76.3 cm³/mol. The summed E-state index contributed by atoms with van der Waals surface area (Å²) in [6.45, 7) is 4.94. The van der Waals surface area contributed by atoms with Crippen molar-refractivity contribution in [2.75, 3.05) is 18.5 Å². The lowest BCUT2D eigenvalue weighted by Crippen LogP contribution is -2.32. The van der Waals surface area contributed by atoms with Crippen LogP contribution in [0.25, 0.3) is 0 Å². The first kappa shape index (κ1) is 15.9. The highest BCUT2D eigenvalue weighted by atomic mass is 32.2. The largest absolute Gasteiger partial charge is 0.360 e. The number of sulfonamides is 1. The summed E-state index contributed by atoms with van der Waals surface area (Å²) in [5, 5.41) is 5.02. The Kier molecular flexibility index (Phi) is 5.28. The first-order valence-electron chi connectivity index (χ1n) is 6.17. The minimum absolute atomic E-state index is 0.0172.